The molecule has 5 nitrogen and oxygen atoms in total. The van der Waals surface area contributed by atoms with Crippen LogP contribution >= 0.6 is 0 Å². The van der Waals surface area contributed by atoms with Crippen molar-refractivity contribution in [3.63, 3.8) is 0 Å². The van der Waals surface area contributed by atoms with E-state index in [0.717, 1.165) is 0 Å². The standard InChI is InChI=1S/C14H20O5/c1-10(16-2)19-8-7-13(15)12-6-5-11(17-3)9-14(12)18-4/h5-6,9-10H,7-8H2,1-4H3. The van der Waals surface area contributed by atoms with Crippen molar-refractivity contribution in [1.82, 2.24) is 0 Å². The number of methoxy groups -OCH3 is 3. The number of ketones is 1. The molecule has 0 aliphatic rings. The Hall–Kier alpha value is -1.59. The van der Waals surface area contributed by atoms with E-state index in [-0.39, 0.29) is 18.5 Å². The van der Waals surface area contributed by atoms with Crippen LogP contribution in [-0.4, -0.2) is 40.0 Å². The molecule has 0 saturated heterocycles. The van der Waals surface area contributed by atoms with Crippen LogP contribution in [0.5, 0.6) is 11.5 Å². The Morgan fingerprint density at radius 3 is 2.53 bits per heavy atom. The van der Waals surface area contributed by atoms with Crippen molar-refractivity contribution < 1.29 is 23.7 Å². The molecular weight excluding hydrogens is 248 g/mol. The first-order valence-corrected chi connectivity index (χ1v) is 6.02. The molecule has 0 aliphatic carbocycles. The molecule has 1 aromatic rings. The number of carbonyl (C=O) groups is 1. The second kappa shape index (κ2) is 7.76. The van der Waals surface area contributed by atoms with E-state index in [4.69, 9.17) is 18.9 Å². The minimum atomic E-state index is -0.314. The lowest BCUT2D eigenvalue weighted by Gasteiger charge is -2.12. The van der Waals surface area contributed by atoms with Crippen molar-refractivity contribution in [2.45, 2.75) is 19.6 Å². The maximum Gasteiger partial charge on any atom is 0.168 e. The molecule has 0 bridgehead atoms. The average molecular weight is 268 g/mol. The fourth-order valence-corrected chi connectivity index (χ4v) is 1.55. The first kappa shape index (κ1) is 15.5. The molecule has 0 saturated carbocycles. The maximum absolute atomic E-state index is 12.1. The van der Waals surface area contributed by atoms with E-state index in [2.05, 4.69) is 0 Å². The minimum Gasteiger partial charge on any atom is -0.497 e. The number of ether oxygens (including phenoxy) is 4. The van der Waals surface area contributed by atoms with Crippen LogP contribution in [0.25, 0.3) is 0 Å². The number of Topliss-reactive ketones (excluding diaryl/α,β-unsaturated/α-hetero) is 1. The third-order valence-corrected chi connectivity index (χ3v) is 2.72. The summed E-state index contributed by atoms with van der Waals surface area (Å²) in [6, 6.07) is 5.11. The van der Waals surface area contributed by atoms with Crippen molar-refractivity contribution in [3.8, 4) is 11.5 Å². The van der Waals surface area contributed by atoms with E-state index in [9.17, 15) is 4.79 Å². The Labute approximate surface area is 113 Å². The lowest BCUT2D eigenvalue weighted by Crippen LogP contribution is -2.14. The minimum absolute atomic E-state index is 0.0391. The van der Waals surface area contributed by atoms with Gasteiger partial charge in [-0.3, -0.25) is 4.79 Å². The van der Waals surface area contributed by atoms with Crippen LogP contribution in [0, 0.1) is 0 Å². The summed E-state index contributed by atoms with van der Waals surface area (Å²) < 4.78 is 20.5. The summed E-state index contributed by atoms with van der Waals surface area (Å²) in [6.45, 7) is 2.08. The molecule has 5 heteroatoms. The summed E-state index contributed by atoms with van der Waals surface area (Å²) in [5.41, 5.74) is 0.525. The van der Waals surface area contributed by atoms with Gasteiger partial charge in [-0.2, -0.15) is 0 Å². The third kappa shape index (κ3) is 4.54. The quantitative estimate of drug-likeness (QED) is 0.535. The van der Waals surface area contributed by atoms with Gasteiger partial charge in [-0.05, 0) is 19.1 Å². The molecule has 0 spiro atoms. The van der Waals surface area contributed by atoms with Gasteiger partial charge in [0.05, 0.1) is 26.4 Å². The predicted octanol–water partition coefficient (Wildman–Crippen LogP) is 2.29. The Balaban J connectivity index is 2.66. The summed E-state index contributed by atoms with van der Waals surface area (Å²) in [5.74, 6) is 1.12. The van der Waals surface area contributed by atoms with Crippen LogP contribution in [0.1, 0.15) is 23.7 Å². The lowest BCUT2D eigenvalue weighted by molar-refractivity contribution is -0.109. The predicted molar refractivity (Wildman–Crippen MR) is 70.9 cm³/mol. The largest absolute Gasteiger partial charge is 0.497 e. The van der Waals surface area contributed by atoms with Crippen LogP contribution in [-0.2, 0) is 9.47 Å². The molecule has 0 radical (unpaired) electrons. The topological polar surface area (TPSA) is 54.0 Å². The number of carbonyl (C=O) groups excluding carboxylic acids is 1. The molecule has 106 valence electrons. The number of hydrogen-bond donors (Lipinski definition) is 0. The van der Waals surface area contributed by atoms with E-state index in [1.807, 2.05) is 0 Å². The lowest BCUT2D eigenvalue weighted by atomic mass is 10.1. The summed E-state index contributed by atoms with van der Waals surface area (Å²) >= 11 is 0. The number of hydrogen-bond acceptors (Lipinski definition) is 5. The summed E-state index contributed by atoms with van der Waals surface area (Å²) in [5, 5.41) is 0. The van der Waals surface area contributed by atoms with Gasteiger partial charge < -0.3 is 18.9 Å². The Kier molecular flexibility index (Phi) is 6.32. The van der Waals surface area contributed by atoms with Gasteiger partial charge in [0.15, 0.2) is 12.1 Å². The molecule has 0 fully saturated rings. The molecule has 0 amide bonds. The fourth-order valence-electron chi connectivity index (χ4n) is 1.55. The highest BCUT2D eigenvalue weighted by Crippen LogP contribution is 2.25. The van der Waals surface area contributed by atoms with Crippen LogP contribution < -0.4 is 9.47 Å². The van der Waals surface area contributed by atoms with Crippen molar-refractivity contribution in [2.24, 2.45) is 0 Å². The van der Waals surface area contributed by atoms with Gasteiger partial charge in [-0.15, -0.1) is 0 Å². The SMILES string of the molecule is COc1ccc(C(=O)CCOC(C)OC)c(OC)c1. The maximum atomic E-state index is 12.1. The van der Waals surface area contributed by atoms with Crippen LogP contribution in [0.3, 0.4) is 0 Å². The monoisotopic (exact) mass is 268 g/mol. The molecule has 0 heterocycles. The Morgan fingerprint density at radius 2 is 1.95 bits per heavy atom. The van der Waals surface area contributed by atoms with Crippen molar-refractivity contribution in [3.05, 3.63) is 23.8 Å². The highest BCUT2D eigenvalue weighted by atomic mass is 16.7. The van der Waals surface area contributed by atoms with Crippen LogP contribution in [0.2, 0.25) is 0 Å². The van der Waals surface area contributed by atoms with Crippen LogP contribution in [0.4, 0.5) is 0 Å². The Bertz CT molecular complexity index is 416. The van der Waals surface area contributed by atoms with Gasteiger partial charge in [-0.1, -0.05) is 0 Å². The molecule has 0 aromatic heterocycles. The second-order valence-electron chi connectivity index (χ2n) is 3.91. The second-order valence-corrected chi connectivity index (χ2v) is 3.91. The molecular formula is C14H20O5. The average Bonchev–Trinajstić information content (AvgIpc) is 2.45. The van der Waals surface area contributed by atoms with E-state index in [1.54, 1.807) is 39.3 Å². The van der Waals surface area contributed by atoms with Gasteiger partial charge in [0.25, 0.3) is 0 Å². The van der Waals surface area contributed by atoms with Crippen molar-refractivity contribution in [1.29, 1.82) is 0 Å². The number of rotatable bonds is 8. The van der Waals surface area contributed by atoms with E-state index < -0.39 is 0 Å². The number of benzene rings is 1. The molecule has 0 aliphatic heterocycles. The zero-order valence-corrected chi connectivity index (χ0v) is 11.8. The molecule has 1 unspecified atom stereocenters. The third-order valence-electron chi connectivity index (χ3n) is 2.72. The van der Waals surface area contributed by atoms with Gasteiger partial charge in [-0.25, -0.2) is 0 Å². The zero-order chi connectivity index (χ0) is 14.3. The smallest absolute Gasteiger partial charge is 0.168 e. The van der Waals surface area contributed by atoms with Gasteiger partial charge in [0.1, 0.15) is 11.5 Å². The molecule has 1 aromatic carbocycles. The van der Waals surface area contributed by atoms with Crippen molar-refractivity contribution >= 4 is 5.78 Å². The van der Waals surface area contributed by atoms with Crippen LogP contribution in [0.15, 0.2) is 18.2 Å². The first-order valence-electron chi connectivity index (χ1n) is 6.02. The summed E-state index contributed by atoms with van der Waals surface area (Å²) in [4.78, 5) is 12.1. The molecule has 0 N–H and O–H groups in total. The molecule has 1 rings (SSSR count). The normalized spacial score (nSPS) is 12.0. The first-order chi connectivity index (χ1) is 9.12. The Morgan fingerprint density at radius 1 is 1.21 bits per heavy atom. The molecule has 1 atom stereocenters. The van der Waals surface area contributed by atoms with Gasteiger partial charge >= 0.3 is 0 Å². The molecule has 19 heavy (non-hydrogen) atoms. The zero-order valence-electron chi connectivity index (χ0n) is 11.8. The highest BCUT2D eigenvalue weighted by molar-refractivity contribution is 5.98. The van der Waals surface area contributed by atoms with Gasteiger partial charge in [0.2, 0.25) is 0 Å². The highest BCUT2D eigenvalue weighted by Gasteiger charge is 2.13. The van der Waals surface area contributed by atoms with Crippen molar-refractivity contribution in [2.75, 3.05) is 27.9 Å². The van der Waals surface area contributed by atoms with Gasteiger partial charge in [0, 0.05) is 19.6 Å². The van der Waals surface area contributed by atoms with E-state index in [1.165, 1.54) is 7.11 Å². The summed E-state index contributed by atoms with van der Waals surface area (Å²) in [6.07, 6.45) is -0.0401. The van der Waals surface area contributed by atoms with E-state index >= 15 is 0 Å². The van der Waals surface area contributed by atoms with E-state index in [0.29, 0.717) is 23.7 Å². The fraction of sp³-hybridized carbons (Fsp3) is 0.500. The summed E-state index contributed by atoms with van der Waals surface area (Å²) in [7, 11) is 4.64.